The number of aromatic nitrogens is 2. The largest absolute Gasteiger partial charge is 0.380 e. The predicted molar refractivity (Wildman–Crippen MR) is 86.6 cm³/mol. The molecule has 106 valence electrons. The average Bonchev–Trinajstić information content (AvgIpc) is 2.45. The van der Waals surface area contributed by atoms with Crippen molar-refractivity contribution >= 4 is 34.2 Å². The van der Waals surface area contributed by atoms with E-state index in [1.165, 1.54) is 0 Å². The van der Waals surface area contributed by atoms with E-state index in [1.807, 2.05) is 24.3 Å². The molecular weight excluding hydrogens is 391 g/mol. The summed E-state index contributed by atoms with van der Waals surface area (Å²) in [4.78, 5) is 8.92. The van der Waals surface area contributed by atoms with E-state index in [0.717, 1.165) is 20.4 Å². The third-order valence-corrected chi connectivity index (χ3v) is 4.44. The van der Waals surface area contributed by atoms with E-state index in [2.05, 4.69) is 32.6 Å². The first-order valence-corrected chi connectivity index (χ1v) is 7.41. The number of halogens is 2. The first kappa shape index (κ1) is 15.6. The molecule has 1 aromatic carbocycles. The topological polar surface area (TPSA) is 44.2 Å². The minimum absolute atomic E-state index is 0.403. The van der Waals surface area contributed by atoms with E-state index in [1.54, 1.807) is 14.2 Å². The highest BCUT2D eigenvalue weighted by Gasteiger charge is 2.14. The standard InChI is InChI=1S/C14H14ClIN2O2/c1-19-7-9-5-3-4-6-10(9)14-17-11(8-20-2)12(16)13(15)18-14/h3-6H,7-8H2,1-2H3. The molecule has 0 aliphatic heterocycles. The molecule has 20 heavy (non-hydrogen) atoms. The van der Waals surface area contributed by atoms with Gasteiger partial charge in [-0.3, -0.25) is 0 Å². The van der Waals surface area contributed by atoms with Crippen molar-refractivity contribution < 1.29 is 9.47 Å². The van der Waals surface area contributed by atoms with Gasteiger partial charge >= 0.3 is 0 Å². The molecule has 0 saturated carbocycles. The molecule has 2 aromatic rings. The van der Waals surface area contributed by atoms with Crippen molar-refractivity contribution in [2.75, 3.05) is 14.2 Å². The van der Waals surface area contributed by atoms with Crippen LogP contribution in [0.4, 0.5) is 0 Å². The predicted octanol–water partition coefficient (Wildman–Crippen LogP) is 3.69. The van der Waals surface area contributed by atoms with E-state index in [9.17, 15) is 0 Å². The molecule has 0 aliphatic carbocycles. The Morgan fingerprint density at radius 3 is 2.50 bits per heavy atom. The van der Waals surface area contributed by atoms with Gasteiger partial charge in [-0.1, -0.05) is 35.9 Å². The highest BCUT2D eigenvalue weighted by Crippen LogP contribution is 2.26. The zero-order chi connectivity index (χ0) is 14.5. The molecule has 2 rings (SSSR count). The zero-order valence-electron chi connectivity index (χ0n) is 11.2. The molecule has 0 N–H and O–H groups in total. The maximum absolute atomic E-state index is 6.19. The van der Waals surface area contributed by atoms with Crippen molar-refractivity contribution in [2.45, 2.75) is 13.2 Å². The quantitative estimate of drug-likeness (QED) is 0.563. The molecule has 0 fully saturated rings. The molecule has 0 saturated heterocycles. The van der Waals surface area contributed by atoms with Gasteiger partial charge in [-0.05, 0) is 28.2 Å². The van der Waals surface area contributed by atoms with E-state index in [-0.39, 0.29) is 0 Å². The van der Waals surface area contributed by atoms with Crippen molar-refractivity contribution in [3.63, 3.8) is 0 Å². The van der Waals surface area contributed by atoms with Gasteiger partial charge in [0.2, 0.25) is 0 Å². The summed E-state index contributed by atoms with van der Waals surface area (Å²) in [5.74, 6) is 0.593. The monoisotopic (exact) mass is 404 g/mol. The van der Waals surface area contributed by atoms with Gasteiger partial charge in [-0.2, -0.15) is 0 Å². The van der Waals surface area contributed by atoms with Crippen molar-refractivity contribution in [1.29, 1.82) is 0 Å². The van der Waals surface area contributed by atoms with Crippen LogP contribution in [0.25, 0.3) is 11.4 Å². The van der Waals surface area contributed by atoms with Gasteiger partial charge in [0.15, 0.2) is 5.82 Å². The molecule has 0 spiro atoms. The molecule has 0 unspecified atom stereocenters. The summed E-state index contributed by atoms with van der Waals surface area (Å²) in [6, 6.07) is 7.86. The summed E-state index contributed by atoms with van der Waals surface area (Å²) in [5, 5.41) is 0.440. The van der Waals surface area contributed by atoms with E-state index < -0.39 is 0 Å². The Labute approximate surface area is 136 Å². The third kappa shape index (κ3) is 3.46. The van der Waals surface area contributed by atoms with Gasteiger partial charge in [0, 0.05) is 19.8 Å². The van der Waals surface area contributed by atoms with Crippen molar-refractivity contribution in [3.05, 3.63) is 44.2 Å². The summed E-state index contributed by atoms with van der Waals surface area (Å²) in [6.45, 7) is 0.905. The van der Waals surface area contributed by atoms with Crippen LogP contribution in [0, 0.1) is 3.57 Å². The van der Waals surface area contributed by atoms with Crippen LogP contribution in [0.15, 0.2) is 24.3 Å². The Kier molecular flexibility index (Phi) is 5.71. The number of ether oxygens (including phenoxy) is 2. The maximum Gasteiger partial charge on any atom is 0.161 e. The van der Waals surface area contributed by atoms with Gasteiger partial charge in [0.25, 0.3) is 0 Å². The van der Waals surface area contributed by atoms with Gasteiger partial charge < -0.3 is 9.47 Å². The van der Waals surface area contributed by atoms with Crippen molar-refractivity contribution in [1.82, 2.24) is 9.97 Å². The first-order valence-electron chi connectivity index (χ1n) is 5.95. The lowest BCUT2D eigenvalue weighted by molar-refractivity contribution is 0.180. The summed E-state index contributed by atoms with van der Waals surface area (Å²) in [5.41, 5.74) is 2.73. The Morgan fingerprint density at radius 1 is 1.10 bits per heavy atom. The Balaban J connectivity index is 2.52. The Hall–Kier alpha value is -0.760. The molecule has 0 atom stereocenters. The lowest BCUT2D eigenvalue weighted by atomic mass is 10.1. The Bertz CT molecular complexity index is 608. The smallest absolute Gasteiger partial charge is 0.161 e. The van der Waals surface area contributed by atoms with Crippen LogP contribution in [0.2, 0.25) is 5.15 Å². The molecule has 6 heteroatoms. The molecule has 1 heterocycles. The van der Waals surface area contributed by atoms with Crippen LogP contribution in [-0.2, 0) is 22.7 Å². The minimum Gasteiger partial charge on any atom is -0.380 e. The van der Waals surface area contributed by atoms with Crippen LogP contribution in [0.5, 0.6) is 0 Å². The normalized spacial score (nSPS) is 10.8. The second kappa shape index (κ2) is 7.31. The highest BCUT2D eigenvalue weighted by atomic mass is 127. The summed E-state index contributed by atoms with van der Waals surface area (Å²) >= 11 is 8.32. The molecule has 0 aliphatic rings. The first-order chi connectivity index (χ1) is 9.67. The van der Waals surface area contributed by atoms with Crippen molar-refractivity contribution in [3.8, 4) is 11.4 Å². The lowest BCUT2D eigenvalue weighted by Crippen LogP contribution is -2.03. The number of hydrogen-bond acceptors (Lipinski definition) is 4. The lowest BCUT2D eigenvalue weighted by Gasteiger charge is -2.11. The van der Waals surface area contributed by atoms with E-state index >= 15 is 0 Å². The van der Waals surface area contributed by atoms with Crippen LogP contribution < -0.4 is 0 Å². The van der Waals surface area contributed by atoms with E-state index in [0.29, 0.717) is 24.2 Å². The molecular formula is C14H14ClIN2O2. The number of hydrogen-bond donors (Lipinski definition) is 0. The number of methoxy groups -OCH3 is 2. The van der Waals surface area contributed by atoms with Crippen LogP contribution in [0.1, 0.15) is 11.3 Å². The fourth-order valence-electron chi connectivity index (χ4n) is 1.84. The second-order valence-electron chi connectivity index (χ2n) is 4.12. The summed E-state index contributed by atoms with van der Waals surface area (Å²) in [7, 11) is 3.29. The van der Waals surface area contributed by atoms with Crippen molar-refractivity contribution in [2.24, 2.45) is 0 Å². The van der Waals surface area contributed by atoms with Crippen LogP contribution >= 0.6 is 34.2 Å². The fourth-order valence-corrected chi connectivity index (χ4v) is 2.42. The van der Waals surface area contributed by atoms with Gasteiger partial charge in [0.1, 0.15) is 5.15 Å². The maximum atomic E-state index is 6.19. The number of nitrogens with zero attached hydrogens (tertiary/aromatic N) is 2. The zero-order valence-corrected chi connectivity index (χ0v) is 14.1. The number of benzene rings is 1. The fraction of sp³-hybridized carbons (Fsp3) is 0.286. The van der Waals surface area contributed by atoms with Gasteiger partial charge in [-0.15, -0.1) is 0 Å². The Morgan fingerprint density at radius 2 is 1.80 bits per heavy atom. The number of rotatable bonds is 5. The SMILES string of the molecule is COCc1ccccc1-c1nc(Cl)c(I)c(COC)n1. The minimum atomic E-state index is 0.403. The van der Waals surface area contributed by atoms with Gasteiger partial charge in [0.05, 0.1) is 22.5 Å². The van der Waals surface area contributed by atoms with Crippen LogP contribution in [-0.4, -0.2) is 24.2 Å². The molecule has 4 nitrogen and oxygen atoms in total. The van der Waals surface area contributed by atoms with Gasteiger partial charge in [-0.25, -0.2) is 9.97 Å². The van der Waals surface area contributed by atoms with Crippen LogP contribution in [0.3, 0.4) is 0 Å². The summed E-state index contributed by atoms with van der Waals surface area (Å²) in [6.07, 6.45) is 0. The molecule has 1 aromatic heterocycles. The second-order valence-corrected chi connectivity index (χ2v) is 5.56. The van der Waals surface area contributed by atoms with E-state index in [4.69, 9.17) is 21.1 Å². The molecule has 0 bridgehead atoms. The average molecular weight is 405 g/mol. The third-order valence-electron chi connectivity index (χ3n) is 2.72. The highest BCUT2D eigenvalue weighted by molar-refractivity contribution is 14.1. The summed E-state index contributed by atoms with van der Waals surface area (Å²) < 4.78 is 11.2. The molecule has 0 amide bonds. The molecule has 0 radical (unpaired) electrons.